The van der Waals surface area contributed by atoms with Crippen LogP contribution in [0, 0.1) is 0 Å². The molecule has 0 amide bonds. The summed E-state index contributed by atoms with van der Waals surface area (Å²) in [7, 11) is 0. The number of rotatable bonds is 6. The van der Waals surface area contributed by atoms with Crippen LogP contribution < -0.4 is 5.32 Å². The Kier molecular flexibility index (Phi) is 4.63. The SMILES string of the molecule is CCCc1ccc(-n2nnnc2CNC(C)C)cc1. The van der Waals surface area contributed by atoms with Crippen LogP contribution >= 0.6 is 0 Å². The summed E-state index contributed by atoms with van der Waals surface area (Å²) in [6.07, 6.45) is 2.27. The summed E-state index contributed by atoms with van der Waals surface area (Å²) in [6.45, 7) is 7.06. The monoisotopic (exact) mass is 259 g/mol. The molecule has 5 nitrogen and oxygen atoms in total. The number of hydrogen-bond donors (Lipinski definition) is 1. The first-order valence-electron chi connectivity index (χ1n) is 6.80. The van der Waals surface area contributed by atoms with E-state index in [4.69, 9.17) is 0 Å². The van der Waals surface area contributed by atoms with Crippen molar-refractivity contribution in [3.63, 3.8) is 0 Å². The Morgan fingerprint density at radius 1 is 1.21 bits per heavy atom. The normalized spacial score (nSPS) is 11.2. The summed E-state index contributed by atoms with van der Waals surface area (Å²) in [4.78, 5) is 0. The van der Waals surface area contributed by atoms with Crippen molar-refractivity contribution in [3.8, 4) is 5.69 Å². The molecule has 0 saturated carbocycles. The third-order valence-corrected chi connectivity index (χ3v) is 2.92. The molecule has 0 spiro atoms. The largest absolute Gasteiger partial charge is 0.308 e. The van der Waals surface area contributed by atoms with Gasteiger partial charge >= 0.3 is 0 Å². The lowest BCUT2D eigenvalue weighted by atomic mass is 10.1. The van der Waals surface area contributed by atoms with E-state index in [-0.39, 0.29) is 0 Å². The number of aromatic nitrogens is 4. The molecule has 0 bridgehead atoms. The van der Waals surface area contributed by atoms with Crippen molar-refractivity contribution < 1.29 is 0 Å². The molecule has 0 radical (unpaired) electrons. The molecule has 2 aromatic rings. The molecule has 0 aliphatic rings. The Balaban J connectivity index is 2.15. The van der Waals surface area contributed by atoms with Crippen LogP contribution in [0.25, 0.3) is 5.69 Å². The van der Waals surface area contributed by atoms with Gasteiger partial charge in [0.25, 0.3) is 0 Å². The molecular formula is C14H21N5. The highest BCUT2D eigenvalue weighted by atomic mass is 15.5. The molecule has 1 N–H and O–H groups in total. The Hall–Kier alpha value is -1.75. The van der Waals surface area contributed by atoms with E-state index in [1.807, 2.05) is 0 Å². The van der Waals surface area contributed by atoms with Crippen LogP contribution in [-0.2, 0) is 13.0 Å². The van der Waals surface area contributed by atoms with Gasteiger partial charge in [0.2, 0.25) is 0 Å². The minimum absolute atomic E-state index is 0.414. The van der Waals surface area contributed by atoms with Crippen molar-refractivity contribution in [2.24, 2.45) is 0 Å². The first-order valence-corrected chi connectivity index (χ1v) is 6.80. The van der Waals surface area contributed by atoms with Crippen LogP contribution in [0.5, 0.6) is 0 Å². The molecule has 102 valence electrons. The van der Waals surface area contributed by atoms with E-state index in [0.717, 1.165) is 24.4 Å². The highest BCUT2D eigenvalue weighted by molar-refractivity contribution is 5.34. The molecule has 0 unspecified atom stereocenters. The van der Waals surface area contributed by atoms with E-state index in [9.17, 15) is 0 Å². The molecule has 1 heterocycles. The Morgan fingerprint density at radius 2 is 1.95 bits per heavy atom. The molecule has 1 aromatic heterocycles. The zero-order valence-electron chi connectivity index (χ0n) is 11.8. The van der Waals surface area contributed by atoms with E-state index in [1.165, 1.54) is 5.56 Å². The predicted molar refractivity (Wildman–Crippen MR) is 75.1 cm³/mol. The van der Waals surface area contributed by atoms with Crippen LogP contribution in [0.15, 0.2) is 24.3 Å². The van der Waals surface area contributed by atoms with Crippen molar-refractivity contribution in [2.75, 3.05) is 0 Å². The molecular weight excluding hydrogens is 238 g/mol. The van der Waals surface area contributed by atoms with Crippen LogP contribution in [0.2, 0.25) is 0 Å². The van der Waals surface area contributed by atoms with Gasteiger partial charge in [-0.2, -0.15) is 4.68 Å². The molecule has 0 fully saturated rings. The predicted octanol–water partition coefficient (Wildman–Crippen LogP) is 2.11. The smallest absolute Gasteiger partial charge is 0.170 e. The van der Waals surface area contributed by atoms with Crippen LogP contribution in [-0.4, -0.2) is 26.2 Å². The van der Waals surface area contributed by atoms with Crippen molar-refractivity contribution in [1.82, 2.24) is 25.5 Å². The lowest BCUT2D eigenvalue weighted by Crippen LogP contribution is -2.24. The minimum atomic E-state index is 0.414. The van der Waals surface area contributed by atoms with E-state index in [0.29, 0.717) is 12.6 Å². The zero-order valence-corrected chi connectivity index (χ0v) is 11.8. The van der Waals surface area contributed by atoms with Crippen LogP contribution in [0.3, 0.4) is 0 Å². The van der Waals surface area contributed by atoms with Crippen molar-refractivity contribution in [1.29, 1.82) is 0 Å². The maximum absolute atomic E-state index is 4.06. The second kappa shape index (κ2) is 6.43. The second-order valence-electron chi connectivity index (χ2n) is 4.96. The minimum Gasteiger partial charge on any atom is -0.308 e. The van der Waals surface area contributed by atoms with E-state index < -0.39 is 0 Å². The van der Waals surface area contributed by atoms with Crippen LogP contribution in [0.1, 0.15) is 38.6 Å². The summed E-state index contributed by atoms with van der Waals surface area (Å²) < 4.78 is 1.78. The third kappa shape index (κ3) is 3.61. The molecule has 2 rings (SSSR count). The standard InChI is InChI=1S/C14H21N5/c1-4-5-12-6-8-13(9-7-12)19-14(16-17-18-19)10-15-11(2)3/h6-9,11,15H,4-5,10H2,1-3H3. The number of tetrazole rings is 1. The lowest BCUT2D eigenvalue weighted by molar-refractivity contribution is 0.563. The van der Waals surface area contributed by atoms with Gasteiger partial charge in [0.15, 0.2) is 5.82 Å². The first kappa shape index (κ1) is 13.7. The van der Waals surface area contributed by atoms with Gasteiger partial charge in [0, 0.05) is 6.04 Å². The van der Waals surface area contributed by atoms with E-state index in [2.05, 4.69) is 65.9 Å². The summed E-state index contributed by atoms with van der Waals surface area (Å²) in [5, 5.41) is 15.2. The lowest BCUT2D eigenvalue weighted by Gasteiger charge is -2.08. The fraction of sp³-hybridized carbons (Fsp3) is 0.500. The quantitative estimate of drug-likeness (QED) is 0.863. The Labute approximate surface area is 114 Å². The van der Waals surface area contributed by atoms with Crippen molar-refractivity contribution >= 4 is 0 Å². The molecule has 1 aromatic carbocycles. The molecule has 19 heavy (non-hydrogen) atoms. The van der Waals surface area contributed by atoms with Gasteiger partial charge in [-0.25, -0.2) is 0 Å². The third-order valence-electron chi connectivity index (χ3n) is 2.92. The summed E-state index contributed by atoms with van der Waals surface area (Å²) in [5.74, 6) is 0.831. The highest BCUT2D eigenvalue weighted by Crippen LogP contribution is 2.11. The van der Waals surface area contributed by atoms with Crippen LogP contribution in [0.4, 0.5) is 0 Å². The average Bonchev–Trinajstić information content (AvgIpc) is 2.86. The van der Waals surface area contributed by atoms with Gasteiger partial charge in [-0.1, -0.05) is 39.3 Å². The zero-order chi connectivity index (χ0) is 13.7. The summed E-state index contributed by atoms with van der Waals surface area (Å²) in [6, 6.07) is 8.83. The highest BCUT2D eigenvalue weighted by Gasteiger charge is 2.08. The van der Waals surface area contributed by atoms with Gasteiger partial charge < -0.3 is 5.32 Å². The number of nitrogens with one attached hydrogen (secondary N) is 1. The van der Waals surface area contributed by atoms with Crippen molar-refractivity contribution in [2.45, 2.75) is 46.2 Å². The summed E-state index contributed by atoms with van der Waals surface area (Å²) >= 11 is 0. The topological polar surface area (TPSA) is 55.6 Å². The number of nitrogens with zero attached hydrogens (tertiary/aromatic N) is 4. The fourth-order valence-electron chi connectivity index (χ4n) is 1.90. The van der Waals surface area contributed by atoms with Gasteiger partial charge in [-0.05, 0) is 34.5 Å². The Morgan fingerprint density at radius 3 is 2.58 bits per heavy atom. The average molecular weight is 259 g/mol. The van der Waals surface area contributed by atoms with E-state index >= 15 is 0 Å². The maximum Gasteiger partial charge on any atom is 0.170 e. The molecule has 0 atom stereocenters. The van der Waals surface area contributed by atoms with Gasteiger partial charge in [-0.3, -0.25) is 0 Å². The van der Waals surface area contributed by atoms with E-state index in [1.54, 1.807) is 4.68 Å². The maximum atomic E-state index is 4.06. The number of benzene rings is 1. The molecule has 0 saturated heterocycles. The molecule has 0 aliphatic carbocycles. The van der Waals surface area contributed by atoms with Gasteiger partial charge in [0.05, 0.1) is 12.2 Å². The second-order valence-corrected chi connectivity index (χ2v) is 4.96. The Bertz CT molecular complexity index is 501. The van der Waals surface area contributed by atoms with Gasteiger partial charge in [0.1, 0.15) is 0 Å². The van der Waals surface area contributed by atoms with Gasteiger partial charge in [-0.15, -0.1) is 5.10 Å². The fourth-order valence-corrected chi connectivity index (χ4v) is 1.90. The van der Waals surface area contributed by atoms with Crippen molar-refractivity contribution in [3.05, 3.63) is 35.7 Å². The first-order chi connectivity index (χ1) is 9.20. The summed E-state index contributed by atoms with van der Waals surface area (Å²) in [5.41, 5.74) is 2.35. The number of hydrogen-bond acceptors (Lipinski definition) is 4. The number of aryl methyl sites for hydroxylation is 1. The molecule has 0 aliphatic heterocycles. The molecule has 5 heteroatoms.